The molecule has 130 valence electrons. The third kappa shape index (κ3) is 4.70. The number of carbonyl (C=O) groups is 1. The Morgan fingerprint density at radius 1 is 1.16 bits per heavy atom. The molecule has 0 bridgehead atoms. The van der Waals surface area contributed by atoms with E-state index in [2.05, 4.69) is 5.32 Å². The Kier molecular flexibility index (Phi) is 5.24. The first kappa shape index (κ1) is 17.7. The number of sulfone groups is 1. The van der Waals surface area contributed by atoms with E-state index in [1.165, 1.54) is 30.0 Å². The van der Waals surface area contributed by atoms with E-state index in [0.29, 0.717) is 11.3 Å². The van der Waals surface area contributed by atoms with Gasteiger partial charge >= 0.3 is 0 Å². The minimum atomic E-state index is -3.21. The fraction of sp³-hybridized carbons (Fsp3) is 0.167. The molecule has 3 rings (SSSR count). The van der Waals surface area contributed by atoms with Crippen molar-refractivity contribution in [2.45, 2.75) is 16.7 Å². The molecule has 0 saturated carbocycles. The third-order valence-electron chi connectivity index (χ3n) is 3.69. The van der Waals surface area contributed by atoms with Crippen LogP contribution in [0.5, 0.6) is 0 Å². The molecule has 4 nitrogen and oxygen atoms in total. The topological polar surface area (TPSA) is 63.2 Å². The van der Waals surface area contributed by atoms with Crippen LogP contribution in [0, 0.1) is 5.82 Å². The minimum absolute atomic E-state index is 0.108. The molecule has 0 aliphatic carbocycles. The van der Waals surface area contributed by atoms with Gasteiger partial charge in [0.1, 0.15) is 5.82 Å². The van der Waals surface area contributed by atoms with E-state index in [1.54, 1.807) is 24.3 Å². The quantitative estimate of drug-likeness (QED) is 0.813. The summed E-state index contributed by atoms with van der Waals surface area (Å²) in [5, 5.41) is 3.86. The Morgan fingerprint density at radius 2 is 1.88 bits per heavy atom. The van der Waals surface area contributed by atoms with Crippen molar-refractivity contribution in [3.63, 3.8) is 0 Å². The molecule has 25 heavy (non-hydrogen) atoms. The zero-order chi connectivity index (χ0) is 17.9. The summed E-state index contributed by atoms with van der Waals surface area (Å²) in [6, 6.07) is 12.9. The van der Waals surface area contributed by atoms with E-state index in [-0.39, 0.29) is 17.5 Å². The van der Waals surface area contributed by atoms with Crippen LogP contribution in [0.15, 0.2) is 64.9 Å². The highest BCUT2D eigenvalue weighted by Crippen LogP contribution is 2.26. The van der Waals surface area contributed by atoms with Gasteiger partial charge in [-0.3, -0.25) is 4.79 Å². The van der Waals surface area contributed by atoms with E-state index in [1.807, 2.05) is 12.1 Å². The number of benzene rings is 2. The van der Waals surface area contributed by atoms with E-state index in [0.717, 1.165) is 15.9 Å². The zero-order valence-electron chi connectivity index (χ0n) is 13.2. The summed E-state index contributed by atoms with van der Waals surface area (Å²) in [5.74, 6) is -0.103. The van der Waals surface area contributed by atoms with Gasteiger partial charge in [0.25, 0.3) is 5.91 Å². The molecule has 1 aliphatic rings. The van der Waals surface area contributed by atoms with Crippen molar-refractivity contribution in [2.75, 3.05) is 5.75 Å². The van der Waals surface area contributed by atoms with Crippen molar-refractivity contribution >= 4 is 27.5 Å². The van der Waals surface area contributed by atoms with Gasteiger partial charge in [-0.05, 0) is 35.9 Å². The summed E-state index contributed by atoms with van der Waals surface area (Å²) in [6.45, 7) is 0. The smallest absolute Gasteiger partial charge is 0.252 e. The van der Waals surface area contributed by atoms with Gasteiger partial charge in [0.15, 0.2) is 9.84 Å². The van der Waals surface area contributed by atoms with Gasteiger partial charge < -0.3 is 5.32 Å². The molecule has 0 spiro atoms. The Labute approximate surface area is 150 Å². The summed E-state index contributed by atoms with van der Waals surface area (Å²) < 4.78 is 35.8. The highest BCUT2D eigenvalue weighted by Gasteiger charge is 2.24. The second-order valence-electron chi connectivity index (χ2n) is 5.65. The van der Waals surface area contributed by atoms with E-state index < -0.39 is 15.9 Å². The fourth-order valence-corrected chi connectivity index (χ4v) is 4.67. The lowest BCUT2D eigenvalue weighted by Crippen LogP contribution is -2.35. The van der Waals surface area contributed by atoms with Gasteiger partial charge in [0.2, 0.25) is 0 Å². The van der Waals surface area contributed by atoms with Crippen molar-refractivity contribution < 1.29 is 17.6 Å². The molecule has 0 fully saturated rings. The Morgan fingerprint density at radius 3 is 2.56 bits per heavy atom. The lowest BCUT2D eigenvalue weighted by molar-refractivity contribution is 0.0944. The largest absolute Gasteiger partial charge is 0.345 e. The highest BCUT2D eigenvalue weighted by atomic mass is 32.2. The number of rotatable bonds is 5. The van der Waals surface area contributed by atoms with Gasteiger partial charge in [-0.1, -0.05) is 24.3 Å². The Bertz CT molecular complexity index is 908. The summed E-state index contributed by atoms with van der Waals surface area (Å²) in [5.41, 5.74) is 1.44. The highest BCUT2D eigenvalue weighted by molar-refractivity contribution is 7.98. The number of amides is 1. The lowest BCUT2D eigenvalue weighted by atomic mass is 10.2. The summed E-state index contributed by atoms with van der Waals surface area (Å²) in [7, 11) is -3.21. The lowest BCUT2D eigenvalue weighted by Gasteiger charge is -2.13. The van der Waals surface area contributed by atoms with Crippen LogP contribution in [0.4, 0.5) is 4.39 Å². The molecule has 2 aromatic rings. The van der Waals surface area contributed by atoms with Gasteiger partial charge in [-0.25, -0.2) is 12.8 Å². The molecule has 1 amide bonds. The van der Waals surface area contributed by atoms with Crippen molar-refractivity contribution in [2.24, 2.45) is 0 Å². The number of halogens is 1. The van der Waals surface area contributed by atoms with Crippen LogP contribution < -0.4 is 5.32 Å². The first-order valence-corrected chi connectivity index (χ1v) is 10.3. The third-order valence-corrected chi connectivity index (χ3v) is 6.23. The van der Waals surface area contributed by atoms with Gasteiger partial charge in [-0.2, -0.15) is 0 Å². The average molecular weight is 377 g/mol. The van der Waals surface area contributed by atoms with Crippen LogP contribution in [0.3, 0.4) is 0 Å². The number of carbonyl (C=O) groups excluding carboxylic acids is 1. The zero-order valence-corrected chi connectivity index (χ0v) is 14.8. The molecule has 1 N–H and O–H groups in total. The van der Waals surface area contributed by atoms with E-state index in [9.17, 15) is 17.6 Å². The summed E-state index contributed by atoms with van der Waals surface area (Å²) >= 11 is 1.47. The maximum atomic E-state index is 13.0. The molecule has 0 aromatic heterocycles. The molecule has 0 unspecified atom stereocenters. The molecule has 7 heteroatoms. The standard InChI is InChI=1S/C18H16FNO3S2/c19-14-7-5-13(6-8-14)11-24-17-4-2-1-3-16(17)18(21)20-15-9-10-25(22,23)12-15/h1-10,15H,11-12H2,(H,20,21)/t15-/m1/s1. The van der Waals surface area contributed by atoms with Crippen LogP contribution in [-0.2, 0) is 15.6 Å². The van der Waals surface area contributed by atoms with Crippen molar-refractivity contribution in [3.8, 4) is 0 Å². The van der Waals surface area contributed by atoms with E-state index >= 15 is 0 Å². The number of hydrogen-bond acceptors (Lipinski definition) is 4. The molecule has 1 heterocycles. The van der Waals surface area contributed by atoms with Crippen LogP contribution >= 0.6 is 11.8 Å². The van der Waals surface area contributed by atoms with Crippen LogP contribution in [0.25, 0.3) is 0 Å². The van der Waals surface area contributed by atoms with Crippen molar-refractivity contribution in [3.05, 3.63) is 77.0 Å². The SMILES string of the molecule is O=C(N[C@@H]1C=CS(=O)(=O)C1)c1ccccc1SCc1ccc(F)cc1. The molecule has 1 aliphatic heterocycles. The fourth-order valence-electron chi connectivity index (χ4n) is 2.43. The molecule has 1 atom stereocenters. The maximum Gasteiger partial charge on any atom is 0.252 e. The number of nitrogens with one attached hydrogen (secondary N) is 1. The number of hydrogen-bond donors (Lipinski definition) is 1. The van der Waals surface area contributed by atoms with Gasteiger partial charge in [0, 0.05) is 16.1 Å². The molecular weight excluding hydrogens is 361 g/mol. The average Bonchev–Trinajstić information content (AvgIpc) is 2.93. The molecule has 0 saturated heterocycles. The van der Waals surface area contributed by atoms with Crippen LogP contribution in [0.1, 0.15) is 15.9 Å². The predicted octanol–water partition coefficient (Wildman–Crippen LogP) is 3.16. The summed E-state index contributed by atoms with van der Waals surface area (Å²) in [6.07, 6.45) is 1.49. The van der Waals surface area contributed by atoms with Crippen LogP contribution in [0.2, 0.25) is 0 Å². The van der Waals surface area contributed by atoms with Crippen LogP contribution in [-0.4, -0.2) is 26.1 Å². The van der Waals surface area contributed by atoms with Gasteiger partial charge in [-0.15, -0.1) is 11.8 Å². The number of thioether (sulfide) groups is 1. The predicted molar refractivity (Wildman–Crippen MR) is 96.6 cm³/mol. The first-order chi connectivity index (χ1) is 11.9. The first-order valence-electron chi connectivity index (χ1n) is 7.61. The Hall–Kier alpha value is -2.12. The molecular formula is C18H16FNO3S2. The molecule has 0 radical (unpaired) electrons. The van der Waals surface area contributed by atoms with E-state index in [4.69, 9.17) is 0 Å². The Balaban J connectivity index is 1.69. The maximum absolute atomic E-state index is 13.0. The minimum Gasteiger partial charge on any atom is -0.345 e. The van der Waals surface area contributed by atoms with Crippen molar-refractivity contribution in [1.82, 2.24) is 5.32 Å². The second-order valence-corrected chi connectivity index (χ2v) is 8.60. The monoisotopic (exact) mass is 377 g/mol. The van der Waals surface area contributed by atoms with Gasteiger partial charge in [0.05, 0.1) is 17.4 Å². The van der Waals surface area contributed by atoms with Crippen molar-refractivity contribution in [1.29, 1.82) is 0 Å². The summed E-state index contributed by atoms with van der Waals surface area (Å²) in [4.78, 5) is 13.3. The second kappa shape index (κ2) is 7.41. The normalized spacial score (nSPS) is 18.2. The molecule has 2 aromatic carbocycles.